The molecule has 146 valence electrons. The van der Waals surface area contributed by atoms with Crippen LogP contribution in [0.25, 0.3) is 11.3 Å². The fourth-order valence-electron chi connectivity index (χ4n) is 2.38. The summed E-state index contributed by atoms with van der Waals surface area (Å²) in [5.74, 6) is 0. The monoisotopic (exact) mass is 391 g/mol. The average molecular weight is 391 g/mol. The molecule has 0 aliphatic rings. The number of aryl methyl sites for hydroxylation is 1. The molecule has 3 rings (SSSR count). The second-order valence-electron chi connectivity index (χ2n) is 5.93. The number of ether oxygens (including phenoxy) is 1. The lowest BCUT2D eigenvalue weighted by molar-refractivity contribution is -0.154. The fraction of sp³-hybridized carbons (Fsp3) is 0.278. The van der Waals surface area contributed by atoms with Crippen LogP contribution in [-0.4, -0.2) is 37.5 Å². The lowest BCUT2D eigenvalue weighted by Gasteiger charge is -2.09. The van der Waals surface area contributed by atoms with Gasteiger partial charge in [0.15, 0.2) is 6.61 Å². The predicted octanol–water partition coefficient (Wildman–Crippen LogP) is 2.65. The van der Waals surface area contributed by atoms with Gasteiger partial charge in [0, 0.05) is 36.4 Å². The number of halogens is 3. The summed E-state index contributed by atoms with van der Waals surface area (Å²) in [5, 5.41) is 4.28. The van der Waals surface area contributed by atoms with E-state index in [1.54, 1.807) is 12.4 Å². The maximum Gasteiger partial charge on any atom is 0.422 e. The number of pyridine rings is 1. The van der Waals surface area contributed by atoms with Crippen molar-refractivity contribution in [1.29, 1.82) is 0 Å². The van der Waals surface area contributed by atoms with E-state index in [2.05, 4.69) is 24.8 Å². The van der Waals surface area contributed by atoms with Gasteiger partial charge in [-0.3, -0.25) is 9.78 Å². The zero-order valence-corrected chi connectivity index (χ0v) is 14.8. The molecule has 0 amide bonds. The summed E-state index contributed by atoms with van der Waals surface area (Å²) >= 11 is 0. The maximum atomic E-state index is 12.2. The molecule has 3 aromatic heterocycles. The van der Waals surface area contributed by atoms with Gasteiger partial charge in [0.2, 0.25) is 0 Å². The van der Waals surface area contributed by atoms with Gasteiger partial charge in [-0.1, -0.05) is 13.0 Å². The molecule has 3 aromatic rings. The molecular weight excluding hydrogens is 375 g/mol. The van der Waals surface area contributed by atoms with Crippen molar-refractivity contribution < 1.29 is 17.9 Å². The van der Waals surface area contributed by atoms with Crippen molar-refractivity contribution in [3.63, 3.8) is 0 Å². The van der Waals surface area contributed by atoms with E-state index in [1.165, 1.54) is 29.2 Å². The summed E-state index contributed by atoms with van der Waals surface area (Å²) in [6.07, 6.45) is 2.35. The Bertz CT molecular complexity index is 1000. The van der Waals surface area contributed by atoms with E-state index in [4.69, 9.17) is 0 Å². The Labute approximate surface area is 157 Å². The second-order valence-corrected chi connectivity index (χ2v) is 5.93. The molecule has 0 saturated heterocycles. The summed E-state index contributed by atoms with van der Waals surface area (Å²) in [4.78, 5) is 23.8. The molecule has 7 nitrogen and oxygen atoms in total. The van der Waals surface area contributed by atoms with Crippen LogP contribution in [0.5, 0.6) is 6.01 Å². The van der Waals surface area contributed by atoms with E-state index < -0.39 is 18.8 Å². The average Bonchev–Trinajstić information content (AvgIpc) is 2.68. The van der Waals surface area contributed by atoms with Gasteiger partial charge in [-0.05, 0) is 23.6 Å². The van der Waals surface area contributed by atoms with Crippen molar-refractivity contribution in [3.8, 4) is 17.3 Å². The number of aromatic nitrogens is 5. The molecule has 10 heteroatoms. The van der Waals surface area contributed by atoms with Crippen molar-refractivity contribution in [3.05, 3.63) is 64.5 Å². The molecule has 28 heavy (non-hydrogen) atoms. The highest BCUT2D eigenvalue weighted by molar-refractivity contribution is 5.55. The predicted molar refractivity (Wildman–Crippen MR) is 93.8 cm³/mol. The Balaban J connectivity index is 1.79. The standard InChI is InChI=1S/C18H16F3N5O2/c1-2-12-5-13(7-22-6-12)10-26-16(27)4-3-15(25-26)14-8-23-17(24-9-14)28-11-18(19,20)21/h3-9H,2,10-11H2,1H3. The Hall–Kier alpha value is -3.30. The SMILES string of the molecule is CCc1cncc(Cn2nc(-c3cnc(OCC(F)(F)F)nc3)ccc2=O)c1. The Morgan fingerprint density at radius 1 is 1.07 bits per heavy atom. The molecule has 3 heterocycles. The third-order valence-electron chi connectivity index (χ3n) is 3.75. The minimum atomic E-state index is -4.47. The van der Waals surface area contributed by atoms with Gasteiger partial charge in [-0.2, -0.15) is 18.3 Å². The maximum absolute atomic E-state index is 12.2. The minimum absolute atomic E-state index is 0.237. The van der Waals surface area contributed by atoms with Crippen LogP contribution in [0.4, 0.5) is 13.2 Å². The van der Waals surface area contributed by atoms with Crippen molar-refractivity contribution in [2.45, 2.75) is 26.1 Å². The van der Waals surface area contributed by atoms with Crippen LogP contribution in [0.2, 0.25) is 0 Å². The number of hydrogen-bond donors (Lipinski definition) is 0. The van der Waals surface area contributed by atoms with E-state index >= 15 is 0 Å². The van der Waals surface area contributed by atoms with Gasteiger partial charge < -0.3 is 4.74 Å². The number of nitrogens with zero attached hydrogens (tertiary/aromatic N) is 5. The Morgan fingerprint density at radius 3 is 2.46 bits per heavy atom. The summed E-state index contributed by atoms with van der Waals surface area (Å²) in [6.45, 7) is 0.773. The Morgan fingerprint density at radius 2 is 1.79 bits per heavy atom. The molecule has 0 aliphatic heterocycles. The van der Waals surface area contributed by atoms with Crippen molar-refractivity contribution in [1.82, 2.24) is 24.7 Å². The largest absolute Gasteiger partial charge is 0.454 e. The van der Waals surface area contributed by atoms with Crippen molar-refractivity contribution >= 4 is 0 Å². The minimum Gasteiger partial charge on any atom is -0.454 e. The van der Waals surface area contributed by atoms with Crippen molar-refractivity contribution in [2.24, 2.45) is 0 Å². The molecule has 0 spiro atoms. The van der Waals surface area contributed by atoms with Gasteiger partial charge in [-0.15, -0.1) is 0 Å². The normalized spacial score (nSPS) is 11.4. The van der Waals surface area contributed by atoms with E-state index in [9.17, 15) is 18.0 Å². The molecule has 0 saturated carbocycles. The molecule has 0 fully saturated rings. The number of rotatable bonds is 6. The summed E-state index contributed by atoms with van der Waals surface area (Å²) in [6, 6.07) is 4.41. The van der Waals surface area contributed by atoms with Gasteiger partial charge in [-0.25, -0.2) is 14.6 Å². The van der Waals surface area contributed by atoms with E-state index in [1.807, 2.05) is 13.0 Å². The zero-order chi connectivity index (χ0) is 20.1. The van der Waals surface area contributed by atoms with Crippen LogP contribution in [0.15, 0.2) is 47.8 Å². The first-order valence-electron chi connectivity index (χ1n) is 8.37. The number of alkyl halides is 3. The van der Waals surface area contributed by atoms with Crippen LogP contribution in [0.1, 0.15) is 18.1 Å². The lowest BCUT2D eigenvalue weighted by Crippen LogP contribution is -2.23. The highest BCUT2D eigenvalue weighted by Gasteiger charge is 2.28. The molecule has 0 aromatic carbocycles. The first kappa shape index (κ1) is 19.5. The van der Waals surface area contributed by atoms with E-state index in [0.29, 0.717) is 11.3 Å². The third kappa shape index (κ3) is 5.12. The molecular formula is C18H16F3N5O2. The quantitative estimate of drug-likeness (QED) is 0.643. The molecule has 0 radical (unpaired) electrons. The van der Waals surface area contributed by atoms with Gasteiger partial charge in [0.1, 0.15) is 0 Å². The summed E-state index contributed by atoms with van der Waals surface area (Å²) in [5.41, 5.74) is 2.43. The van der Waals surface area contributed by atoms with Gasteiger partial charge in [0.05, 0.1) is 12.2 Å². The first-order chi connectivity index (χ1) is 13.3. The van der Waals surface area contributed by atoms with Crippen LogP contribution in [0.3, 0.4) is 0 Å². The van der Waals surface area contributed by atoms with E-state index in [0.717, 1.165) is 17.5 Å². The van der Waals surface area contributed by atoms with Crippen LogP contribution in [0, 0.1) is 0 Å². The zero-order valence-electron chi connectivity index (χ0n) is 14.8. The highest BCUT2D eigenvalue weighted by Crippen LogP contribution is 2.18. The molecule has 0 unspecified atom stereocenters. The lowest BCUT2D eigenvalue weighted by atomic mass is 10.1. The first-order valence-corrected chi connectivity index (χ1v) is 8.37. The van der Waals surface area contributed by atoms with Crippen LogP contribution in [-0.2, 0) is 13.0 Å². The second kappa shape index (κ2) is 8.15. The smallest absolute Gasteiger partial charge is 0.422 e. The van der Waals surface area contributed by atoms with Gasteiger partial charge >= 0.3 is 12.2 Å². The Kier molecular flexibility index (Phi) is 5.67. The summed E-state index contributed by atoms with van der Waals surface area (Å²) in [7, 11) is 0. The number of hydrogen-bond acceptors (Lipinski definition) is 6. The topological polar surface area (TPSA) is 82.8 Å². The molecule has 0 aliphatic carbocycles. The molecule has 0 N–H and O–H groups in total. The van der Waals surface area contributed by atoms with E-state index in [-0.39, 0.29) is 12.1 Å². The molecule has 0 atom stereocenters. The third-order valence-corrected chi connectivity index (χ3v) is 3.75. The van der Waals surface area contributed by atoms with Gasteiger partial charge in [0.25, 0.3) is 5.56 Å². The fourth-order valence-corrected chi connectivity index (χ4v) is 2.38. The van der Waals surface area contributed by atoms with Crippen molar-refractivity contribution in [2.75, 3.05) is 6.61 Å². The molecule has 0 bridgehead atoms. The van der Waals surface area contributed by atoms with Crippen LogP contribution >= 0.6 is 0 Å². The van der Waals surface area contributed by atoms with Crippen LogP contribution < -0.4 is 10.3 Å². The summed E-state index contributed by atoms with van der Waals surface area (Å²) < 4.78 is 42.3. The highest BCUT2D eigenvalue weighted by atomic mass is 19.4.